The van der Waals surface area contributed by atoms with Crippen LogP contribution in [0.5, 0.6) is 0 Å². The van der Waals surface area contributed by atoms with Gasteiger partial charge in [0.1, 0.15) is 12.7 Å². The van der Waals surface area contributed by atoms with E-state index in [1.165, 1.54) is 11.6 Å². The molecule has 0 bridgehead atoms. The summed E-state index contributed by atoms with van der Waals surface area (Å²) in [5.41, 5.74) is 0.897. The Kier molecular flexibility index (Phi) is 7.81. The molecule has 1 aromatic rings. The standard InChI is InChI=1S/C23H35NO4/c1-6-10-21(26)28-17-19(25)15-24-22(2,3)13-20(14-23(24,4)5)27-16-18-11-8-7-9-12-18/h6-12,19-20,25H,13-17H2,1-5H3. The predicted octanol–water partition coefficient (Wildman–Crippen LogP) is 3.71. The van der Waals surface area contributed by atoms with Crippen LogP contribution < -0.4 is 0 Å². The van der Waals surface area contributed by atoms with Crippen LogP contribution in [0.2, 0.25) is 0 Å². The molecule has 1 saturated heterocycles. The van der Waals surface area contributed by atoms with Crippen molar-refractivity contribution in [3.8, 4) is 0 Å². The minimum Gasteiger partial charge on any atom is -0.460 e. The number of piperidine rings is 1. The number of esters is 1. The van der Waals surface area contributed by atoms with Crippen LogP contribution in [0.1, 0.15) is 53.0 Å². The lowest BCUT2D eigenvalue weighted by Crippen LogP contribution is -2.63. The van der Waals surface area contributed by atoms with Gasteiger partial charge in [-0.2, -0.15) is 0 Å². The fourth-order valence-corrected chi connectivity index (χ4v) is 4.25. The topological polar surface area (TPSA) is 59.0 Å². The van der Waals surface area contributed by atoms with Gasteiger partial charge < -0.3 is 14.6 Å². The van der Waals surface area contributed by atoms with Crippen LogP contribution in [0.25, 0.3) is 0 Å². The molecule has 1 fully saturated rings. The quantitative estimate of drug-likeness (QED) is 0.543. The fourth-order valence-electron chi connectivity index (χ4n) is 4.25. The van der Waals surface area contributed by atoms with Gasteiger partial charge in [0.15, 0.2) is 0 Å². The number of β-amino-alcohol motifs (C(OH)–C–C–N with tert-alkyl or cyclic N) is 1. The molecule has 0 saturated carbocycles. The minimum atomic E-state index is -0.727. The van der Waals surface area contributed by atoms with E-state index >= 15 is 0 Å². The monoisotopic (exact) mass is 389 g/mol. The second-order valence-corrected chi connectivity index (χ2v) is 8.85. The summed E-state index contributed by atoms with van der Waals surface area (Å²) in [5.74, 6) is -0.423. The van der Waals surface area contributed by atoms with E-state index in [2.05, 4.69) is 44.7 Å². The molecule has 1 unspecified atom stereocenters. The van der Waals surface area contributed by atoms with Gasteiger partial charge in [0.2, 0.25) is 0 Å². The molecule has 0 aromatic heterocycles. The van der Waals surface area contributed by atoms with Crippen LogP contribution in [0.4, 0.5) is 0 Å². The first kappa shape index (κ1) is 22.6. The number of carbonyl (C=O) groups is 1. The molecule has 5 heteroatoms. The Balaban J connectivity index is 1.94. The first-order chi connectivity index (χ1) is 13.1. The maximum Gasteiger partial charge on any atom is 0.330 e. The van der Waals surface area contributed by atoms with Gasteiger partial charge in [-0.05, 0) is 53.0 Å². The summed E-state index contributed by atoms with van der Waals surface area (Å²) in [7, 11) is 0. The van der Waals surface area contributed by atoms with Crippen LogP contribution >= 0.6 is 0 Å². The molecule has 1 aromatic carbocycles. The number of hydrogen-bond acceptors (Lipinski definition) is 5. The third-order valence-corrected chi connectivity index (χ3v) is 5.36. The van der Waals surface area contributed by atoms with E-state index in [9.17, 15) is 9.90 Å². The number of ether oxygens (including phenoxy) is 2. The Morgan fingerprint density at radius 1 is 1.21 bits per heavy atom. The van der Waals surface area contributed by atoms with Gasteiger partial charge in [-0.3, -0.25) is 4.90 Å². The molecule has 1 aliphatic rings. The van der Waals surface area contributed by atoms with E-state index in [-0.39, 0.29) is 23.8 Å². The Morgan fingerprint density at radius 3 is 2.39 bits per heavy atom. The van der Waals surface area contributed by atoms with Crippen molar-refractivity contribution < 1.29 is 19.4 Å². The Bertz CT molecular complexity index is 636. The Hall–Kier alpha value is -1.69. The van der Waals surface area contributed by atoms with Crippen molar-refractivity contribution in [3.63, 3.8) is 0 Å². The number of aliphatic hydroxyl groups is 1. The van der Waals surface area contributed by atoms with Gasteiger partial charge in [0.05, 0.1) is 12.7 Å². The highest BCUT2D eigenvalue weighted by molar-refractivity contribution is 5.81. The molecule has 5 nitrogen and oxygen atoms in total. The van der Waals surface area contributed by atoms with Crippen molar-refractivity contribution in [1.82, 2.24) is 4.90 Å². The molecule has 28 heavy (non-hydrogen) atoms. The van der Waals surface area contributed by atoms with Crippen molar-refractivity contribution in [3.05, 3.63) is 48.0 Å². The molecule has 1 heterocycles. The third kappa shape index (κ3) is 6.43. The second kappa shape index (κ2) is 9.68. The van der Waals surface area contributed by atoms with Gasteiger partial charge >= 0.3 is 5.97 Å². The highest BCUT2D eigenvalue weighted by Crippen LogP contribution is 2.39. The van der Waals surface area contributed by atoms with E-state index in [0.29, 0.717) is 13.2 Å². The van der Waals surface area contributed by atoms with Crippen molar-refractivity contribution in [1.29, 1.82) is 0 Å². The zero-order valence-corrected chi connectivity index (χ0v) is 17.9. The molecule has 0 amide bonds. The normalized spacial score (nSPS) is 20.9. The lowest BCUT2D eigenvalue weighted by molar-refractivity contribution is -0.145. The first-order valence-corrected chi connectivity index (χ1v) is 10.0. The van der Waals surface area contributed by atoms with Gasteiger partial charge in [-0.15, -0.1) is 0 Å². The van der Waals surface area contributed by atoms with Crippen molar-refractivity contribution in [2.45, 2.75) is 77.4 Å². The molecule has 0 spiro atoms. The summed E-state index contributed by atoms with van der Waals surface area (Å²) in [5, 5.41) is 10.4. The van der Waals surface area contributed by atoms with Crippen LogP contribution in [0, 0.1) is 0 Å². The van der Waals surface area contributed by atoms with Gasteiger partial charge in [0, 0.05) is 23.7 Å². The first-order valence-electron chi connectivity index (χ1n) is 10.0. The number of aliphatic hydroxyl groups excluding tert-OH is 1. The van der Waals surface area contributed by atoms with Crippen LogP contribution in [0.3, 0.4) is 0 Å². The highest BCUT2D eigenvalue weighted by Gasteiger charge is 2.46. The molecule has 1 aliphatic heterocycles. The molecule has 1 atom stereocenters. The predicted molar refractivity (Wildman–Crippen MR) is 111 cm³/mol. The molecule has 0 radical (unpaired) electrons. The lowest BCUT2D eigenvalue weighted by Gasteiger charge is -2.55. The number of nitrogens with zero attached hydrogens (tertiary/aromatic N) is 1. The number of rotatable bonds is 8. The fraction of sp³-hybridized carbons (Fsp3) is 0.609. The SMILES string of the molecule is CC=CC(=O)OCC(O)CN1C(C)(C)CC(OCc2ccccc2)CC1(C)C. The maximum atomic E-state index is 11.5. The van der Waals surface area contributed by atoms with Gasteiger partial charge in [-0.25, -0.2) is 4.79 Å². The smallest absolute Gasteiger partial charge is 0.330 e. The van der Waals surface area contributed by atoms with Crippen molar-refractivity contribution in [2.75, 3.05) is 13.2 Å². The van der Waals surface area contributed by atoms with Gasteiger partial charge in [0.25, 0.3) is 0 Å². The molecular formula is C23H35NO4. The van der Waals surface area contributed by atoms with Crippen LogP contribution in [-0.4, -0.2) is 52.4 Å². The summed E-state index contributed by atoms with van der Waals surface area (Å²) < 4.78 is 11.3. The molecule has 0 aliphatic carbocycles. The number of benzene rings is 1. The van der Waals surface area contributed by atoms with Crippen LogP contribution in [0.15, 0.2) is 42.5 Å². The number of likely N-dealkylation sites (tertiary alicyclic amines) is 1. The molecule has 1 N–H and O–H groups in total. The average molecular weight is 390 g/mol. The minimum absolute atomic E-state index is 0.000229. The van der Waals surface area contributed by atoms with E-state index in [4.69, 9.17) is 9.47 Å². The highest BCUT2D eigenvalue weighted by atomic mass is 16.5. The summed E-state index contributed by atoms with van der Waals surface area (Å²) in [6.45, 7) is 11.6. The Morgan fingerprint density at radius 2 is 1.82 bits per heavy atom. The summed E-state index contributed by atoms with van der Waals surface area (Å²) in [6.07, 6.45) is 4.18. The third-order valence-electron chi connectivity index (χ3n) is 5.36. The Labute approximate surface area is 169 Å². The molecule has 2 rings (SSSR count). The number of hydrogen-bond donors (Lipinski definition) is 1. The largest absolute Gasteiger partial charge is 0.460 e. The second-order valence-electron chi connectivity index (χ2n) is 8.85. The van der Waals surface area contributed by atoms with E-state index in [1.807, 2.05) is 18.2 Å². The van der Waals surface area contributed by atoms with Crippen LogP contribution in [-0.2, 0) is 20.9 Å². The summed E-state index contributed by atoms with van der Waals surface area (Å²) in [6, 6.07) is 10.2. The van der Waals surface area contributed by atoms with Gasteiger partial charge in [-0.1, -0.05) is 36.4 Å². The average Bonchev–Trinajstić information content (AvgIpc) is 2.62. The van der Waals surface area contributed by atoms with Crippen molar-refractivity contribution >= 4 is 5.97 Å². The lowest BCUT2D eigenvalue weighted by atomic mass is 9.78. The molecule has 156 valence electrons. The number of carbonyl (C=O) groups excluding carboxylic acids is 1. The van der Waals surface area contributed by atoms with E-state index in [0.717, 1.165) is 12.8 Å². The molecular weight excluding hydrogens is 354 g/mol. The van der Waals surface area contributed by atoms with E-state index in [1.54, 1.807) is 13.0 Å². The van der Waals surface area contributed by atoms with Crippen molar-refractivity contribution in [2.24, 2.45) is 0 Å². The van der Waals surface area contributed by atoms with E-state index < -0.39 is 12.1 Å². The zero-order valence-electron chi connectivity index (χ0n) is 17.9. The number of allylic oxidation sites excluding steroid dienone is 1. The zero-order chi connectivity index (χ0) is 20.8. The maximum absolute atomic E-state index is 11.5. The summed E-state index contributed by atoms with van der Waals surface area (Å²) in [4.78, 5) is 13.8. The summed E-state index contributed by atoms with van der Waals surface area (Å²) >= 11 is 0.